The van der Waals surface area contributed by atoms with Crippen molar-refractivity contribution in [3.63, 3.8) is 0 Å². The molecule has 9 nitrogen and oxygen atoms in total. The number of carbonyl (C=O) groups is 4. The van der Waals surface area contributed by atoms with Crippen molar-refractivity contribution in [2.24, 2.45) is 0 Å². The highest BCUT2D eigenvalue weighted by Crippen LogP contribution is 2.30. The second-order valence-corrected chi connectivity index (χ2v) is 8.82. The number of ether oxygens (including phenoxy) is 2. The summed E-state index contributed by atoms with van der Waals surface area (Å²) in [7, 11) is 1.21. The smallest absolute Gasteiger partial charge is 0.332 e. The average molecular weight is 460 g/mol. The number of rotatable bonds is 9. The molecule has 0 aromatic heterocycles. The van der Waals surface area contributed by atoms with Crippen LogP contribution in [0.15, 0.2) is 30.3 Å². The Kier molecular flexibility index (Phi) is 8.20. The Labute approximate surface area is 194 Å². The van der Waals surface area contributed by atoms with Gasteiger partial charge in [0.15, 0.2) is 11.8 Å². The molecule has 180 valence electrons. The highest BCUT2D eigenvalue weighted by atomic mass is 16.6. The van der Waals surface area contributed by atoms with Crippen molar-refractivity contribution < 1.29 is 28.7 Å². The number of esters is 2. The quantitative estimate of drug-likeness (QED) is 0.460. The van der Waals surface area contributed by atoms with Crippen molar-refractivity contribution >= 4 is 23.6 Å². The molecule has 2 fully saturated rings. The number of amides is 1. The second-order valence-electron chi connectivity index (χ2n) is 8.82. The predicted octanol–water partition coefficient (Wildman–Crippen LogP) is 0.650. The Morgan fingerprint density at radius 1 is 1.15 bits per heavy atom. The summed E-state index contributed by atoms with van der Waals surface area (Å²) >= 11 is 0. The van der Waals surface area contributed by atoms with E-state index in [9.17, 15) is 19.2 Å². The van der Waals surface area contributed by atoms with Crippen LogP contribution >= 0.6 is 0 Å². The van der Waals surface area contributed by atoms with Gasteiger partial charge in [0.25, 0.3) is 0 Å². The van der Waals surface area contributed by atoms with Crippen LogP contribution < -0.4 is 16.0 Å². The highest BCUT2D eigenvalue weighted by Gasteiger charge is 2.49. The summed E-state index contributed by atoms with van der Waals surface area (Å²) in [6.45, 7) is 3.57. The zero-order chi connectivity index (χ0) is 24.0. The summed E-state index contributed by atoms with van der Waals surface area (Å²) in [6, 6.07) is 7.68. The van der Waals surface area contributed by atoms with E-state index in [0.717, 1.165) is 24.9 Å². The van der Waals surface area contributed by atoms with Gasteiger partial charge in [-0.2, -0.15) is 0 Å². The van der Waals surface area contributed by atoms with Gasteiger partial charge in [0, 0.05) is 6.92 Å². The van der Waals surface area contributed by atoms with E-state index in [1.807, 2.05) is 30.3 Å². The predicted molar refractivity (Wildman–Crippen MR) is 120 cm³/mol. The first-order valence-electron chi connectivity index (χ1n) is 11.4. The number of methoxy groups -OCH3 is 1. The van der Waals surface area contributed by atoms with Crippen LogP contribution in [0.5, 0.6) is 0 Å². The molecule has 0 radical (unpaired) electrons. The van der Waals surface area contributed by atoms with E-state index in [2.05, 4.69) is 16.0 Å². The second kappa shape index (κ2) is 10.9. The van der Waals surface area contributed by atoms with Crippen LogP contribution in [0.25, 0.3) is 0 Å². The number of benzene rings is 1. The third-order valence-electron chi connectivity index (χ3n) is 6.40. The SMILES string of the molecule is COC(=O)C(NC(=O)C1(Cc2ccccc2)CCC(C(=O)C2CCCN2)N1)C(C)OC(C)=O. The number of hydrogen-bond acceptors (Lipinski definition) is 8. The Balaban J connectivity index is 1.83. The Bertz CT molecular complexity index is 870. The fraction of sp³-hybridized carbons (Fsp3) is 0.583. The van der Waals surface area contributed by atoms with Gasteiger partial charge in [-0.3, -0.25) is 19.7 Å². The number of carbonyl (C=O) groups excluding carboxylic acids is 4. The molecule has 0 spiro atoms. The minimum absolute atomic E-state index is 0.0630. The minimum Gasteiger partial charge on any atom is -0.467 e. The molecule has 5 atom stereocenters. The molecule has 9 heteroatoms. The molecule has 3 rings (SSSR count). The van der Waals surface area contributed by atoms with Crippen molar-refractivity contribution in [3.8, 4) is 0 Å². The van der Waals surface area contributed by atoms with Gasteiger partial charge in [0.1, 0.15) is 11.6 Å². The molecule has 1 aromatic carbocycles. The van der Waals surface area contributed by atoms with Crippen LogP contribution in [-0.4, -0.2) is 67.1 Å². The van der Waals surface area contributed by atoms with Gasteiger partial charge in [0.05, 0.1) is 19.2 Å². The van der Waals surface area contributed by atoms with Gasteiger partial charge in [-0.05, 0) is 51.1 Å². The van der Waals surface area contributed by atoms with Crippen LogP contribution in [0.3, 0.4) is 0 Å². The first-order chi connectivity index (χ1) is 15.8. The lowest BCUT2D eigenvalue weighted by molar-refractivity contribution is -0.157. The number of Topliss-reactive ketones (excluding diaryl/α,β-unsaturated/α-hetero) is 1. The summed E-state index contributed by atoms with van der Waals surface area (Å²) in [5.74, 6) is -1.66. The molecule has 1 amide bonds. The van der Waals surface area contributed by atoms with E-state index in [4.69, 9.17) is 9.47 Å². The van der Waals surface area contributed by atoms with E-state index in [-0.39, 0.29) is 11.8 Å². The van der Waals surface area contributed by atoms with Gasteiger partial charge < -0.3 is 20.1 Å². The van der Waals surface area contributed by atoms with E-state index in [1.54, 1.807) is 0 Å². The van der Waals surface area contributed by atoms with E-state index < -0.39 is 41.6 Å². The first kappa shape index (κ1) is 24.9. The zero-order valence-electron chi connectivity index (χ0n) is 19.4. The van der Waals surface area contributed by atoms with Crippen molar-refractivity contribution in [1.29, 1.82) is 0 Å². The van der Waals surface area contributed by atoms with Crippen LogP contribution in [0, 0.1) is 0 Å². The lowest BCUT2D eigenvalue weighted by Crippen LogP contribution is -2.62. The maximum Gasteiger partial charge on any atom is 0.332 e. The molecule has 0 aliphatic carbocycles. The van der Waals surface area contributed by atoms with Crippen molar-refractivity contribution in [2.45, 2.75) is 75.7 Å². The van der Waals surface area contributed by atoms with Crippen LogP contribution in [-0.2, 0) is 35.1 Å². The summed E-state index contributed by atoms with van der Waals surface area (Å²) < 4.78 is 9.97. The summed E-state index contributed by atoms with van der Waals surface area (Å²) in [6.07, 6.45) is 2.10. The van der Waals surface area contributed by atoms with Crippen molar-refractivity contribution in [3.05, 3.63) is 35.9 Å². The fourth-order valence-corrected chi connectivity index (χ4v) is 4.70. The van der Waals surface area contributed by atoms with Gasteiger partial charge in [0.2, 0.25) is 5.91 Å². The molecule has 5 unspecified atom stereocenters. The average Bonchev–Trinajstić information content (AvgIpc) is 3.48. The van der Waals surface area contributed by atoms with E-state index in [1.165, 1.54) is 21.0 Å². The Morgan fingerprint density at radius 3 is 2.48 bits per heavy atom. The van der Waals surface area contributed by atoms with Crippen molar-refractivity contribution in [1.82, 2.24) is 16.0 Å². The monoisotopic (exact) mass is 459 g/mol. The van der Waals surface area contributed by atoms with Crippen LogP contribution in [0.4, 0.5) is 0 Å². The molecule has 1 aromatic rings. The Hall–Kier alpha value is -2.78. The van der Waals surface area contributed by atoms with Gasteiger partial charge in [-0.15, -0.1) is 0 Å². The van der Waals surface area contributed by atoms with E-state index >= 15 is 0 Å². The number of ketones is 1. The third kappa shape index (κ3) is 5.97. The topological polar surface area (TPSA) is 123 Å². The normalized spacial score (nSPS) is 26.3. The summed E-state index contributed by atoms with van der Waals surface area (Å²) in [5.41, 5.74) is -0.169. The molecule has 0 bridgehead atoms. The van der Waals surface area contributed by atoms with Crippen LogP contribution in [0.1, 0.15) is 45.1 Å². The molecular weight excluding hydrogens is 426 g/mol. The largest absolute Gasteiger partial charge is 0.467 e. The van der Waals surface area contributed by atoms with Gasteiger partial charge in [-0.1, -0.05) is 30.3 Å². The minimum atomic E-state index is -1.17. The van der Waals surface area contributed by atoms with E-state index in [0.29, 0.717) is 19.3 Å². The molecule has 33 heavy (non-hydrogen) atoms. The summed E-state index contributed by atoms with van der Waals surface area (Å²) in [4.78, 5) is 50.5. The maximum absolute atomic E-state index is 13.6. The molecular formula is C24H33N3O6. The lowest BCUT2D eigenvalue weighted by Gasteiger charge is -2.32. The fourth-order valence-electron chi connectivity index (χ4n) is 4.70. The molecule has 3 N–H and O–H groups in total. The van der Waals surface area contributed by atoms with Crippen molar-refractivity contribution in [2.75, 3.05) is 13.7 Å². The van der Waals surface area contributed by atoms with Crippen LogP contribution in [0.2, 0.25) is 0 Å². The molecule has 2 saturated heterocycles. The zero-order valence-corrected chi connectivity index (χ0v) is 19.4. The summed E-state index contributed by atoms with van der Waals surface area (Å²) in [5, 5.41) is 9.26. The molecule has 2 aliphatic rings. The molecule has 0 saturated carbocycles. The molecule has 2 heterocycles. The molecule has 2 aliphatic heterocycles. The Morgan fingerprint density at radius 2 is 1.88 bits per heavy atom. The lowest BCUT2D eigenvalue weighted by atomic mass is 9.87. The third-order valence-corrected chi connectivity index (χ3v) is 6.40. The number of nitrogens with one attached hydrogen (secondary N) is 3. The standard InChI is InChI=1S/C24H33N3O6/c1-15(33-16(2)28)20(22(30)32-3)26-23(31)24(14-17-8-5-4-6-9-17)12-11-19(27-24)21(29)18-10-7-13-25-18/h4-6,8-9,15,18-20,25,27H,7,10-14H2,1-3H3,(H,26,31). The highest BCUT2D eigenvalue weighted by molar-refractivity contribution is 5.95. The van der Waals surface area contributed by atoms with Gasteiger partial charge in [-0.25, -0.2) is 4.79 Å². The first-order valence-corrected chi connectivity index (χ1v) is 11.4. The maximum atomic E-state index is 13.6. The van der Waals surface area contributed by atoms with Gasteiger partial charge >= 0.3 is 11.9 Å². The number of hydrogen-bond donors (Lipinski definition) is 3.